The van der Waals surface area contributed by atoms with Crippen LogP contribution in [0.25, 0.3) is 5.69 Å². The van der Waals surface area contributed by atoms with Gasteiger partial charge in [0.2, 0.25) is 0 Å². The van der Waals surface area contributed by atoms with E-state index in [0.717, 1.165) is 18.0 Å². The molecule has 0 aliphatic carbocycles. The number of aromatic nitrogens is 1. The molecule has 2 aromatic carbocycles. The van der Waals surface area contributed by atoms with Crippen molar-refractivity contribution in [1.82, 2.24) is 4.57 Å². The average Bonchev–Trinajstić information content (AvgIpc) is 2.92. The van der Waals surface area contributed by atoms with Crippen molar-refractivity contribution in [2.24, 2.45) is 5.10 Å². The van der Waals surface area contributed by atoms with Gasteiger partial charge >= 0.3 is 0 Å². The number of anilines is 1. The number of nitrogens with zero attached hydrogens (tertiary/aromatic N) is 3. The SMILES string of the molecule is COc1cccc(N2Cc3c(c(C)n(-c4ccccc4)c3C)C=N2)c1. The summed E-state index contributed by atoms with van der Waals surface area (Å²) in [5, 5.41) is 6.69. The largest absolute Gasteiger partial charge is 0.497 e. The predicted octanol–water partition coefficient (Wildman–Crippen LogP) is 4.46. The summed E-state index contributed by atoms with van der Waals surface area (Å²) >= 11 is 0. The first-order valence-electron chi connectivity index (χ1n) is 8.41. The Balaban J connectivity index is 1.75. The van der Waals surface area contributed by atoms with Crippen molar-refractivity contribution in [3.63, 3.8) is 0 Å². The lowest BCUT2D eigenvalue weighted by Crippen LogP contribution is -2.21. The van der Waals surface area contributed by atoms with Gasteiger partial charge in [-0.15, -0.1) is 0 Å². The Morgan fingerprint density at radius 2 is 1.68 bits per heavy atom. The van der Waals surface area contributed by atoms with Gasteiger partial charge in [0.15, 0.2) is 0 Å². The molecule has 0 unspecified atom stereocenters. The Morgan fingerprint density at radius 1 is 0.920 bits per heavy atom. The fourth-order valence-corrected chi connectivity index (χ4v) is 3.50. The Bertz CT molecular complexity index is 941. The summed E-state index contributed by atoms with van der Waals surface area (Å²) < 4.78 is 7.65. The normalized spacial score (nSPS) is 13.0. The van der Waals surface area contributed by atoms with E-state index in [4.69, 9.17) is 4.74 Å². The number of para-hydroxylation sites is 1. The number of hydrogen-bond donors (Lipinski definition) is 0. The number of hydrazone groups is 1. The highest BCUT2D eigenvalue weighted by Gasteiger charge is 2.23. The van der Waals surface area contributed by atoms with Crippen LogP contribution in [0.2, 0.25) is 0 Å². The summed E-state index contributed by atoms with van der Waals surface area (Å²) in [7, 11) is 1.68. The molecule has 2 heterocycles. The standard InChI is InChI=1S/C21H21N3O/c1-15-20-13-22-23(18-10-7-11-19(12-18)25-3)14-21(20)16(2)24(15)17-8-5-4-6-9-17/h4-13H,14H2,1-3H3. The van der Waals surface area contributed by atoms with Crippen LogP contribution in [-0.4, -0.2) is 17.9 Å². The van der Waals surface area contributed by atoms with Crippen molar-refractivity contribution >= 4 is 11.9 Å². The molecule has 0 spiro atoms. The van der Waals surface area contributed by atoms with Crippen LogP contribution in [0.5, 0.6) is 5.75 Å². The molecule has 4 rings (SSSR count). The minimum Gasteiger partial charge on any atom is -0.497 e. The van der Waals surface area contributed by atoms with Gasteiger partial charge in [0.05, 0.1) is 25.6 Å². The van der Waals surface area contributed by atoms with E-state index in [9.17, 15) is 0 Å². The number of benzene rings is 2. The van der Waals surface area contributed by atoms with Gasteiger partial charge in [0, 0.05) is 34.3 Å². The molecule has 126 valence electrons. The molecule has 3 aromatic rings. The summed E-state index contributed by atoms with van der Waals surface area (Å²) in [6, 6.07) is 18.5. The first-order chi connectivity index (χ1) is 12.2. The lowest BCUT2D eigenvalue weighted by molar-refractivity contribution is 0.415. The Kier molecular flexibility index (Phi) is 3.80. The molecule has 1 aliphatic rings. The quantitative estimate of drug-likeness (QED) is 0.709. The van der Waals surface area contributed by atoms with Crippen molar-refractivity contribution in [2.45, 2.75) is 20.4 Å². The smallest absolute Gasteiger partial charge is 0.120 e. The van der Waals surface area contributed by atoms with E-state index >= 15 is 0 Å². The lowest BCUT2D eigenvalue weighted by Gasteiger charge is -2.23. The summed E-state index contributed by atoms with van der Waals surface area (Å²) in [6.45, 7) is 5.10. The predicted molar refractivity (Wildman–Crippen MR) is 102 cm³/mol. The number of fused-ring (bicyclic) bond motifs is 1. The molecule has 1 aliphatic heterocycles. The zero-order chi connectivity index (χ0) is 17.4. The van der Waals surface area contributed by atoms with Gasteiger partial charge < -0.3 is 9.30 Å². The molecule has 0 atom stereocenters. The van der Waals surface area contributed by atoms with Crippen molar-refractivity contribution in [1.29, 1.82) is 0 Å². The van der Waals surface area contributed by atoms with E-state index < -0.39 is 0 Å². The fraction of sp³-hybridized carbons (Fsp3) is 0.190. The maximum absolute atomic E-state index is 5.34. The average molecular weight is 331 g/mol. The second kappa shape index (κ2) is 6.13. The van der Waals surface area contributed by atoms with Crippen LogP contribution in [0, 0.1) is 13.8 Å². The molecule has 1 aromatic heterocycles. The first-order valence-corrected chi connectivity index (χ1v) is 8.41. The minimum absolute atomic E-state index is 0.755. The number of hydrogen-bond acceptors (Lipinski definition) is 3. The summed E-state index contributed by atoms with van der Waals surface area (Å²) in [5.74, 6) is 0.841. The van der Waals surface area contributed by atoms with Gasteiger partial charge in [-0.25, -0.2) is 0 Å². The molecule has 0 amide bonds. The van der Waals surface area contributed by atoms with Crippen molar-refractivity contribution in [2.75, 3.05) is 12.1 Å². The van der Waals surface area contributed by atoms with E-state index in [1.807, 2.05) is 35.5 Å². The molecular weight excluding hydrogens is 310 g/mol. The molecule has 0 radical (unpaired) electrons. The second-order valence-electron chi connectivity index (χ2n) is 6.24. The lowest BCUT2D eigenvalue weighted by atomic mass is 10.1. The molecule has 4 nitrogen and oxygen atoms in total. The van der Waals surface area contributed by atoms with Gasteiger partial charge in [0.25, 0.3) is 0 Å². The Morgan fingerprint density at radius 3 is 2.44 bits per heavy atom. The summed E-state index contributed by atoms with van der Waals surface area (Å²) in [5.41, 5.74) is 7.25. The highest BCUT2D eigenvalue weighted by molar-refractivity contribution is 5.87. The van der Waals surface area contributed by atoms with Crippen LogP contribution in [0.3, 0.4) is 0 Å². The van der Waals surface area contributed by atoms with Crippen molar-refractivity contribution in [3.8, 4) is 11.4 Å². The van der Waals surface area contributed by atoms with Crippen LogP contribution in [0.1, 0.15) is 22.5 Å². The van der Waals surface area contributed by atoms with Crippen LogP contribution in [0.15, 0.2) is 59.7 Å². The first kappa shape index (κ1) is 15.5. The molecule has 0 saturated heterocycles. The Hall–Kier alpha value is -3.01. The molecule has 25 heavy (non-hydrogen) atoms. The van der Waals surface area contributed by atoms with Crippen molar-refractivity contribution < 1.29 is 4.74 Å². The van der Waals surface area contributed by atoms with E-state index in [2.05, 4.69) is 53.8 Å². The number of ether oxygens (including phenoxy) is 1. The van der Waals surface area contributed by atoms with Gasteiger partial charge in [-0.05, 0) is 38.1 Å². The molecule has 0 bridgehead atoms. The number of methoxy groups -OCH3 is 1. The van der Waals surface area contributed by atoms with Crippen LogP contribution in [0.4, 0.5) is 5.69 Å². The molecule has 4 heteroatoms. The molecule has 0 N–H and O–H groups in total. The van der Waals surface area contributed by atoms with E-state index in [1.54, 1.807) is 7.11 Å². The third kappa shape index (κ3) is 2.60. The molecular formula is C21H21N3O. The second-order valence-corrected chi connectivity index (χ2v) is 6.24. The highest BCUT2D eigenvalue weighted by atomic mass is 16.5. The minimum atomic E-state index is 0.755. The maximum Gasteiger partial charge on any atom is 0.120 e. The summed E-state index contributed by atoms with van der Waals surface area (Å²) in [4.78, 5) is 0. The van der Waals surface area contributed by atoms with Gasteiger partial charge in [0.1, 0.15) is 5.75 Å². The van der Waals surface area contributed by atoms with Gasteiger partial charge in [-0.1, -0.05) is 24.3 Å². The topological polar surface area (TPSA) is 29.8 Å². The zero-order valence-corrected chi connectivity index (χ0v) is 14.7. The fourth-order valence-electron chi connectivity index (χ4n) is 3.50. The Labute approximate surface area is 148 Å². The zero-order valence-electron chi connectivity index (χ0n) is 14.7. The number of rotatable bonds is 3. The molecule has 0 fully saturated rings. The van der Waals surface area contributed by atoms with Crippen molar-refractivity contribution in [3.05, 3.63) is 77.1 Å². The van der Waals surface area contributed by atoms with E-state index in [-0.39, 0.29) is 0 Å². The monoisotopic (exact) mass is 331 g/mol. The van der Waals surface area contributed by atoms with Crippen LogP contribution in [-0.2, 0) is 6.54 Å². The van der Waals surface area contributed by atoms with Crippen LogP contribution >= 0.6 is 0 Å². The van der Waals surface area contributed by atoms with E-state index in [1.165, 1.54) is 28.2 Å². The molecule has 0 saturated carbocycles. The van der Waals surface area contributed by atoms with E-state index in [0.29, 0.717) is 0 Å². The highest BCUT2D eigenvalue weighted by Crippen LogP contribution is 2.31. The maximum atomic E-state index is 5.34. The van der Waals surface area contributed by atoms with Crippen LogP contribution < -0.4 is 9.75 Å². The van der Waals surface area contributed by atoms with Gasteiger partial charge in [-0.2, -0.15) is 5.10 Å². The third-order valence-corrected chi connectivity index (χ3v) is 4.82. The summed E-state index contributed by atoms with van der Waals surface area (Å²) in [6.07, 6.45) is 1.97. The third-order valence-electron chi connectivity index (χ3n) is 4.82. The van der Waals surface area contributed by atoms with Gasteiger partial charge in [-0.3, -0.25) is 5.01 Å².